The number of amides is 1. The number of anilines is 1. The summed E-state index contributed by atoms with van der Waals surface area (Å²) in [6.07, 6.45) is 2.88. The first-order valence-electron chi connectivity index (χ1n) is 5.12. The highest BCUT2D eigenvalue weighted by atomic mass is 32.1. The van der Waals surface area contributed by atoms with Crippen LogP contribution < -0.4 is 11.1 Å². The lowest BCUT2D eigenvalue weighted by molar-refractivity contribution is -0.121. The molecule has 1 heterocycles. The summed E-state index contributed by atoms with van der Waals surface area (Å²) in [7, 11) is 0. The fourth-order valence-electron chi connectivity index (χ4n) is 1.20. The van der Waals surface area contributed by atoms with Crippen molar-refractivity contribution in [2.75, 3.05) is 5.32 Å². The van der Waals surface area contributed by atoms with Gasteiger partial charge in [0.1, 0.15) is 5.82 Å². The highest BCUT2D eigenvalue weighted by Crippen LogP contribution is 2.23. The molecule has 0 aliphatic carbocycles. The average molecular weight is 255 g/mol. The molecule has 6 heteroatoms. The van der Waals surface area contributed by atoms with Crippen LogP contribution in [0, 0.1) is 11.2 Å². The summed E-state index contributed by atoms with van der Waals surface area (Å²) in [4.78, 5) is 15.7. The van der Waals surface area contributed by atoms with Gasteiger partial charge in [-0.05, 0) is 13.3 Å². The van der Waals surface area contributed by atoms with Crippen molar-refractivity contribution in [1.29, 1.82) is 0 Å². The molecule has 0 aliphatic heterocycles. The van der Waals surface area contributed by atoms with Crippen molar-refractivity contribution in [2.24, 2.45) is 11.1 Å². The number of thiocarbonyl (C=S) groups is 1. The Morgan fingerprint density at radius 3 is 2.76 bits per heavy atom. The zero-order valence-corrected chi connectivity index (χ0v) is 10.5. The monoisotopic (exact) mass is 255 g/mol. The topological polar surface area (TPSA) is 68.0 Å². The molecule has 3 N–H and O–H groups in total. The molecule has 0 aliphatic rings. The van der Waals surface area contributed by atoms with Crippen LogP contribution in [0.1, 0.15) is 20.3 Å². The number of hydrogen-bond donors (Lipinski definition) is 2. The van der Waals surface area contributed by atoms with Crippen molar-refractivity contribution in [3.63, 3.8) is 0 Å². The Balaban J connectivity index is 2.89. The Bertz CT molecular complexity index is 452. The Kier molecular flexibility index (Phi) is 4.11. The van der Waals surface area contributed by atoms with E-state index < -0.39 is 11.2 Å². The number of carbonyl (C=O) groups excluding carboxylic acids is 1. The van der Waals surface area contributed by atoms with Crippen molar-refractivity contribution in [1.82, 2.24) is 4.98 Å². The van der Waals surface area contributed by atoms with Gasteiger partial charge in [-0.2, -0.15) is 0 Å². The van der Waals surface area contributed by atoms with Gasteiger partial charge in [-0.25, -0.2) is 4.39 Å². The van der Waals surface area contributed by atoms with Crippen molar-refractivity contribution in [3.8, 4) is 0 Å². The summed E-state index contributed by atoms with van der Waals surface area (Å²) in [5.74, 6) is -0.878. The second-order valence-electron chi connectivity index (χ2n) is 3.90. The zero-order chi connectivity index (χ0) is 13.1. The van der Waals surface area contributed by atoms with E-state index in [2.05, 4.69) is 10.3 Å². The number of nitrogens with one attached hydrogen (secondary N) is 1. The van der Waals surface area contributed by atoms with E-state index in [4.69, 9.17) is 18.0 Å². The Hall–Kier alpha value is -1.56. The van der Waals surface area contributed by atoms with E-state index in [1.54, 1.807) is 6.92 Å². The maximum atomic E-state index is 12.9. The molecule has 92 valence electrons. The number of halogens is 1. The quantitative estimate of drug-likeness (QED) is 0.806. The SMILES string of the molecule is CCC(C)(C(=O)Nc1cncc(F)c1)C(N)=S. The highest BCUT2D eigenvalue weighted by molar-refractivity contribution is 7.80. The summed E-state index contributed by atoms with van der Waals surface area (Å²) in [6, 6.07) is 1.18. The minimum atomic E-state index is -0.943. The number of rotatable bonds is 4. The van der Waals surface area contributed by atoms with Gasteiger partial charge in [-0.15, -0.1) is 0 Å². The predicted molar refractivity (Wildman–Crippen MR) is 68.0 cm³/mol. The molecule has 1 unspecified atom stereocenters. The van der Waals surface area contributed by atoms with Gasteiger partial charge >= 0.3 is 0 Å². The molecule has 17 heavy (non-hydrogen) atoms. The molecule has 0 saturated carbocycles. The molecule has 0 saturated heterocycles. The molecule has 1 aromatic heterocycles. The van der Waals surface area contributed by atoms with Crippen LogP contribution in [0.4, 0.5) is 10.1 Å². The van der Waals surface area contributed by atoms with Crippen LogP contribution in [0.2, 0.25) is 0 Å². The number of nitrogens with two attached hydrogens (primary N) is 1. The van der Waals surface area contributed by atoms with E-state index in [0.717, 1.165) is 6.20 Å². The molecule has 0 bridgehead atoms. The maximum Gasteiger partial charge on any atom is 0.237 e. The third-order valence-electron chi connectivity index (χ3n) is 2.71. The van der Waals surface area contributed by atoms with E-state index in [0.29, 0.717) is 6.42 Å². The summed E-state index contributed by atoms with van der Waals surface area (Å²) in [6.45, 7) is 3.46. The van der Waals surface area contributed by atoms with Crippen LogP contribution in [0.5, 0.6) is 0 Å². The number of pyridine rings is 1. The third kappa shape index (κ3) is 2.97. The lowest BCUT2D eigenvalue weighted by Gasteiger charge is -2.25. The highest BCUT2D eigenvalue weighted by Gasteiger charge is 2.34. The molecule has 1 atom stereocenters. The largest absolute Gasteiger partial charge is 0.392 e. The maximum absolute atomic E-state index is 12.9. The number of nitrogens with zero attached hydrogens (tertiary/aromatic N) is 1. The number of hydrogen-bond acceptors (Lipinski definition) is 3. The van der Waals surface area contributed by atoms with Gasteiger partial charge in [-0.3, -0.25) is 9.78 Å². The second-order valence-corrected chi connectivity index (χ2v) is 4.34. The Morgan fingerprint density at radius 1 is 1.65 bits per heavy atom. The zero-order valence-electron chi connectivity index (χ0n) is 9.66. The lowest BCUT2D eigenvalue weighted by Crippen LogP contribution is -2.43. The normalized spacial score (nSPS) is 13.8. The molecule has 0 radical (unpaired) electrons. The number of aromatic nitrogens is 1. The average Bonchev–Trinajstić information content (AvgIpc) is 2.27. The van der Waals surface area contributed by atoms with E-state index in [9.17, 15) is 9.18 Å². The smallest absolute Gasteiger partial charge is 0.237 e. The summed E-state index contributed by atoms with van der Waals surface area (Å²) in [5.41, 5.74) is 4.89. The lowest BCUT2D eigenvalue weighted by atomic mass is 9.86. The van der Waals surface area contributed by atoms with Crippen LogP contribution >= 0.6 is 12.2 Å². The van der Waals surface area contributed by atoms with Crippen LogP contribution in [-0.4, -0.2) is 15.9 Å². The van der Waals surface area contributed by atoms with E-state index in [1.807, 2.05) is 6.92 Å². The molecule has 1 rings (SSSR count). The van der Waals surface area contributed by atoms with Crippen molar-refractivity contribution >= 4 is 28.8 Å². The van der Waals surface area contributed by atoms with Crippen molar-refractivity contribution in [3.05, 3.63) is 24.3 Å². The first-order valence-corrected chi connectivity index (χ1v) is 5.53. The van der Waals surface area contributed by atoms with Crippen molar-refractivity contribution < 1.29 is 9.18 Å². The Labute approximate surface area is 104 Å². The fraction of sp³-hybridized carbons (Fsp3) is 0.364. The first kappa shape index (κ1) is 13.5. The molecule has 0 spiro atoms. The van der Waals surface area contributed by atoms with Crippen LogP contribution in [0.3, 0.4) is 0 Å². The molecule has 4 nitrogen and oxygen atoms in total. The molecule has 0 aromatic carbocycles. The Morgan fingerprint density at radius 2 is 2.29 bits per heavy atom. The van der Waals surface area contributed by atoms with Gasteiger partial charge in [0, 0.05) is 6.07 Å². The minimum absolute atomic E-state index is 0.113. The molecule has 1 aromatic rings. The van der Waals surface area contributed by atoms with Gasteiger partial charge in [0.25, 0.3) is 0 Å². The second kappa shape index (κ2) is 5.18. The summed E-state index contributed by atoms with van der Waals surface area (Å²) >= 11 is 4.88. The molecule has 0 fully saturated rings. The van der Waals surface area contributed by atoms with Gasteiger partial charge in [0.05, 0.1) is 28.5 Å². The minimum Gasteiger partial charge on any atom is -0.392 e. The van der Waals surface area contributed by atoms with Crippen LogP contribution in [0.25, 0.3) is 0 Å². The van der Waals surface area contributed by atoms with Crippen molar-refractivity contribution in [2.45, 2.75) is 20.3 Å². The van der Waals surface area contributed by atoms with Gasteiger partial charge in [0.15, 0.2) is 0 Å². The van der Waals surface area contributed by atoms with Crippen LogP contribution in [-0.2, 0) is 4.79 Å². The fourth-order valence-corrected chi connectivity index (χ4v) is 1.43. The van der Waals surface area contributed by atoms with E-state index >= 15 is 0 Å². The summed E-state index contributed by atoms with van der Waals surface area (Å²) < 4.78 is 12.9. The van der Waals surface area contributed by atoms with Gasteiger partial charge in [0.2, 0.25) is 5.91 Å². The predicted octanol–water partition coefficient (Wildman–Crippen LogP) is 1.86. The summed E-state index contributed by atoms with van der Waals surface area (Å²) in [5, 5.41) is 2.55. The molecular formula is C11H14FN3OS. The van der Waals surface area contributed by atoms with Gasteiger partial charge < -0.3 is 11.1 Å². The van der Waals surface area contributed by atoms with Crippen LogP contribution in [0.15, 0.2) is 18.5 Å². The third-order valence-corrected chi connectivity index (χ3v) is 3.17. The van der Waals surface area contributed by atoms with E-state index in [-0.39, 0.29) is 16.6 Å². The molecule has 1 amide bonds. The first-order chi connectivity index (χ1) is 7.90. The van der Waals surface area contributed by atoms with E-state index in [1.165, 1.54) is 12.3 Å². The van der Waals surface area contributed by atoms with Gasteiger partial charge in [-0.1, -0.05) is 19.1 Å². The standard InChI is InChI=1S/C11H14FN3OS/c1-3-11(2,9(13)17)10(16)15-8-4-7(12)5-14-6-8/h4-6H,3H2,1-2H3,(H2,13,17)(H,15,16). The number of carbonyl (C=O) groups is 1. The molecular weight excluding hydrogens is 241 g/mol.